The average molecular weight is 407 g/mol. The molecule has 0 bridgehead atoms. The fourth-order valence-electron chi connectivity index (χ4n) is 2.80. The molecule has 0 amide bonds. The fourth-order valence-corrected chi connectivity index (χ4v) is 2.80. The Morgan fingerprint density at radius 3 is 1.80 bits per heavy atom. The summed E-state index contributed by atoms with van der Waals surface area (Å²) in [6.07, 6.45) is -4.45. The number of methoxy groups -OCH3 is 3. The van der Waals surface area contributed by atoms with Crippen LogP contribution in [0.2, 0.25) is 0 Å². The van der Waals surface area contributed by atoms with E-state index in [9.17, 15) is 13.2 Å². The third-order valence-electron chi connectivity index (χ3n) is 3.85. The van der Waals surface area contributed by atoms with E-state index in [0.717, 1.165) is 0 Å². The Morgan fingerprint density at radius 1 is 0.960 bits per heavy atom. The highest BCUT2D eigenvalue weighted by Crippen LogP contribution is 2.47. The van der Waals surface area contributed by atoms with Gasteiger partial charge < -0.3 is 19.5 Å². The number of hydrogen-bond donors (Lipinski definition) is 1. The maximum atomic E-state index is 13.8. The number of rotatable bonds is 5. The second-order valence-corrected chi connectivity index (χ2v) is 5.18. The summed E-state index contributed by atoms with van der Waals surface area (Å²) in [7, 11) is 4.11. The Labute approximate surface area is 157 Å². The largest absolute Gasteiger partial charge is 0.496 e. The molecule has 1 aliphatic rings. The van der Waals surface area contributed by atoms with Crippen LogP contribution < -0.4 is 19.5 Å². The first-order valence-electron chi connectivity index (χ1n) is 7.23. The molecule has 146 valence electrons. The van der Waals surface area contributed by atoms with Gasteiger partial charge in [0, 0.05) is 38.3 Å². The molecule has 1 fully saturated rings. The number of alkyl halides is 3. The summed E-state index contributed by atoms with van der Waals surface area (Å²) >= 11 is 0. The van der Waals surface area contributed by atoms with Crippen molar-refractivity contribution in [3.63, 3.8) is 0 Å². The summed E-state index contributed by atoms with van der Waals surface area (Å²) in [6.45, 7) is 1.60. The van der Waals surface area contributed by atoms with E-state index in [1.807, 2.05) is 0 Å². The highest BCUT2D eigenvalue weighted by molar-refractivity contribution is 5.85. The Kier molecular flexibility index (Phi) is 9.71. The van der Waals surface area contributed by atoms with Crippen LogP contribution in [0.15, 0.2) is 12.1 Å². The van der Waals surface area contributed by atoms with Gasteiger partial charge in [0.25, 0.3) is 0 Å². The SMILES string of the molecule is COc1cc(OC)c([C@@H](N2CCNCC2)C(F)(F)F)c(OC)c1.Cl.Cl. The monoisotopic (exact) mass is 406 g/mol. The number of benzene rings is 1. The number of piperazine rings is 1. The highest BCUT2D eigenvalue weighted by atomic mass is 35.5. The molecule has 0 unspecified atom stereocenters. The minimum Gasteiger partial charge on any atom is -0.496 e. The van der Waals surface area contributed by atoms with Crippen molar-refractivity contribution in [3.8, 4) is 17.2 Å². The summed E-state index contributed by atoms with van der Waals surface area (Å²) in [6, 6.07) is 1.10. The zero-order valence-electron chi connectivity index (χ0n) is 14.2. The van der Waals surface area contributed by atoms with Crippen molar-refractivity contribution in [1.29, 1.82) is 0 Å². The van der Waals surface area contributed by atoms with Crippen LogP contribution in [0.3, 0.4) is 0 Å². The molecule has 0 spiro atoms. The number of nitrogens with zero attached hydrogens (tertiary/aromatic N) is 1. The van der Waals surface area contributed by atoms with E-state index in [4.69, 9.17) is 14.2 Å². The Morgan fingerprint density at radius 2 is 1.44 bits per heavy atom. The number of nitrogens with one attached hydrogen (secondary N) is 1. The Bertz CT molecular complexity index is 516. The highest BCUT2D eigenvalue weighted by Gasteiger charge is 2.48. The van der Waals surface area contributed by atoms with Crippen molar-refractivity contribution in [2.75, 3.05) is 47.5 Å². The van der Waals surface area contributed by atoms with Gasteiger partial charge in [0.2, 0.25) is 0 Å². The number of halogens is 5. The van der Waals surface area contributed by atoms with Crippen LogP contribution in [0.25, 0.3) is 0 Å². The second-order valence-electron chi connectivity index (χ2n) is 5.18. The first-order chi connectivity index (χ1) is 10.9. The topological polar surface area (TPSA) is 43.0 Å². The van der Waals surface area contributed by atoms with Gasteiger partial charge in [-0.1, -0.05) is 0 Å². The number of ether oxygens (including phenoxy) is 3. The van der Waals surface area contributed by atoms with Crippen molar-refractivity contribution in [1.82, 2.24) is 10.2 Å². The van der Waals surface area contributed by atoms with Gasteiger partial charge in [0.1, 0.15) is 23.3 Å². The summed E-state index contributed by atoms with van der Waals surface area (Å²) in [5.74, 6) is 0.577. The van der Waals surface area contributed by atoms with Crippen molar-refractivity contribution >= 4 is 24.8 Å². The van der Waals surface area contributed by atoms with E-state index in [0.29, 0.717) is 31.9 Å². The smallest absolute Gasteiger partial charge is 0.408 e. The molecule has 1 saturated heterocycles. The lowest BCUT2D eigenvalue weighted by Crippen LogP contribution is -2.49. The molecule has 0 aliphatic carbocycles. The molecule has 2 rings (SSSR count). The molecule has 1 N–H and O–H groups in total. The van der Waals surface area contributed by atoms with Gasteiger partial charge >= 0.3 is 6.18 Å². The summed E-state index contributed by atoms with van der Waals surface area (Å²) in [5.41, 5.74) is -0.0230. The lowest BCUT2D eigenvalue weighted by Gasteiger charge is -2.37. The van der Waals surface area contributed by atoms with E-state index >= 15 is 0 Å². The molecular formula is C15H23Cl2F3N2O3. The van der Waals surface area contributed by atoms with Crippen LogP contribution in [0.4, 0.5) is 13.2 Å². The molecule has 0 radical (unpaired) electrons. The minimum atomic E-state index is -4.45. The van der Waals surface area contributed by atoms with Gasteiger partial charge in [-0.2, -0.15) is 13.2 Å². The normalized spacial score (nSPS) is 16.2. The van der Waals surface area contributed by atoms with E-state index < -0.39 is 12.2 Å². The molecule has 1 atom stereocenters. The Balaban J connectivity index is 0.00000288. The molecule has 10 heteroatoms. The molecule has 5 nitrogen and oxygen atoms in total. The number of hydrogen-bond acceptors (Lipinski definition) is 5. The van der Waals surface area contributed by atoms with E-state index in [1.165, 1.54) is 38.4 Å². The maximum absolute atomic E-state index is 13.8. The predicted octanol–water partition coefficient (Wildman–Crippen LogP) is 3.06. The van der Waals surface area contributed by atoms with Gasteiger partial charge in [-0.3, -0.25) is 4.90 Å². The van der Waals surface area contributed by atoms with Gasteiger partial charge in [-0.05, 0) is 0 Å². The zero-order valence-corrected chi connectivity index (χ0v) is 15.8. The standard InChI is InChI=1S/C15H21F3N2O3.2ClH/c1-21-10-8-11(22-2)13(12(9-10)23-3)14(15(16,17)18)20-6-4-19-5-7-20;;/h8-9,14,19H,4-7H2,1-3H3;2*1H/t14-;;/m1../s1. The molecule has 0 saturated carbocycles. The van der Waals surface area contributed by atoms with Crippen LogP contribution in [0.1, 0.15) is 11.6 Å². The predicted molar refractivity (Wildman–Crippen MR) is 93.8 cm³/mol. The Hall–Kier alpha value is -1.09. The maximum Gasteiger partial charge on any atom is 0.408 e. The van der Waals surface area contributed by atoms with Gasteiger partial charge in [0.05, 0.1) is 26.9 Å². The lowest BCUT2D eigenvalue weighted by atomic mass is 10.0. The third-order valence-corrected chi connectivity index (χ3v) is 3.85. The molecule has 1 aliphatic heterocycles. The van der Waals surface area contributed by atoms with Crippen LogP contribution in [-0.2, 0) is 0 Å². The van der Waals surface area contributed by atoms with Gasteiger partial charge in [-0.15, -0.1) is 24.8 Å². The molecule has 1 aromatic rings. The van der Waals surface area contributed by atoms with Crippen molar-refractivity contribution in [2.24, 2.45) is 0 Å². The molecular weight excluding hydrogens is 384 g/mol. The molecule has 1 aromatic carbocycles. The van der Waals surface area contributed by atoms with Crippen LogP contribution in [0.5, 0.6) is 17.2 Å². The van der Waals surface area contributed by atoms with Crippen molar-refractivity contribution in [2.45, 2.75) is 12.2 Å². The summed E-state index contributed by atoms with van der Waals surface area (Å²) in [5, 5.41) is 3.06. The van der Waals surface area contributed by atoms with Crippen LogP contribution in [0, 0.1) is 0 Å². The first-order valence-corrected chi connectivity index (χ1v) is 7.23. The van der Waals surface area contributed by atoms with Crippen molar-refractivity contribution in [3.05, 3.63) is 17.7 Å². The third kappa shape index (κ3) is 5.44. The second kappa shape index (κ2) is 10.2. The zero-order chi connectivity index (χ0) is 17.0. The average Bonchev–Trinajstić information content (AvgIpc) is 2.54. The molecule has 0 aromatic heterocycles. The van der Waals surface area contributed by atoms with Crippen LogP contribution in [-0.4, -0.2) is 58.6 Å². The molecule has 25 heavy (non-hydrogen) atoms. The van der Waals surface area contributed by atoms with Crippen molar-refractivity contribution < 1.29 is 27.4 Å². The lowest BCUT2D eigenvalue weighted by molar-refractivity contribution is -0.188. The first kappa shape index (κ1) is 23.9. The van der Waals surface area contributed by atoms with Gasteiger partial charge in [0.15, 0.2) is 0 Å². The molecule has 1 heterocycles. The van der Waals surface area contributed by atoms with E-state index in [-0.39, 0.29) is 41.9 Å². The summed E-state index contributed by atoms with van der Waals surface area (Å²) in [4.78, 5) is 1.39. The van der Waals surface area contributed by atoms with E-state index in [2.05, 4.69) is 5.32 Å². The van der Waals surface area contributed by atoms with Crippen LogP contribution >= 0.6 is 24.8 Å². The quantitative estimate of drug-likeness (QED) is 0.813. The minimum absolute atomic E-state index is 0. The summed E-state index contributed by atoms with van der Waals surface area (Å²) < 4.78 is 56.9. The fraction of sp³-hybridized carbons (Fsp3) is 0.600. The van der Waals surface area contributed by atoms with Gasteiger partial charge in [-0.25, -0.2) is 0 Å². The van der Waals surface area contributed by atoms with E-state index in [1.54, 1.807) is 0 Å².